The molecule has 1 fully saturated rings. The summed E-state index contributed by atoms with van der Waals surface area (Å²) >= 11 is 1.42. The van der Waals surface area contributed by atoms with Gasteiger partial charge in [-0.2, -0.15) is 0 Å². The Hall–Kier alpha value is -2.96. The minimum absolute atomic E-state index is 0.0462. The number of thiophene rings is 1. The number of nitrogens with zero attached hydrogens (tertiary/aromatic N) is 2. The van der Waals surface area contributed by atoms with Crippen LogP contribution in [0.3, 0.4) is 0 Å². The third-order valence-electron chi connectivity index (χ3n) is 6.02. The van der Waals surface area contributed by atoms with Crippen molar-refractivity contribution in [3.63, 3.8) is 0 Å². The number of hydrogen-bond acceptors (Lipinski definition) is 4. The molecule has 5 rings (SSSR count). The average Bonchev–Trinajstić information content (AvgIpc) is 3.20. The Labute approximate surface area is 178 Å². The summed E-state index contributed by atoms with van der Waals surface area (Å²) in [6.07, 6.45) is 1.63. The number of rotatable bonds is 3. The van der Waals surface area contributed by atoms with E-state index in [0.717, 1.165) is 48.2 Å². The molecule has 0 spiro atoms. The van der Waals surface area contributed by atoms with Gasteiger partial charge in [0.25, 0.3) is 5.56 Å². The molecular weight excluding hydrogens is 394 g/mol. The molecule has 5 nitrogen and oxygen atoms in total. The number of aromatic amines is 1. The first-order valence-electron chi connectivity index (χ1n) is 10.2. The molecule has 1 aliphatic rings. The number of fused-ring (bicyclic) bond motifs is 1. The fourth-order valence-electron chi connectivity index (χ4n) is 4.30. The van der Waals surface area contributed by atoms with Crippen LogP contribution in [0.2, 0.25) is 0 Å². The van der Waals surface area contributed by atoms with E-state index in [4.69, 9.17) is 0 Å². The van der Waals surface area contributed by atoms with Crippen LogP contribution in [0.1, 0.15) is 18.9 Å². The van der Waals surface area contributed by atoms with Gasteiger partial charge in [0.15, 0.2) is 0 Å². The summed E-state index contributed by atoms with van der Waals surface area (Å²) in [5, 5.41) is 2.59. The van der Waals surface area contributed by atoms with Crippen molar-refractivity contribution in [2.24, 2.45) is 0 Å². The van der Waals surface area contributed by atoms with Crippen molar-refractivity contribution >= 4 is 21.6 Å². The van der Waals surface area contributed by atoms with Gasteiger partial charge >= 0.3 is 5.69 Å². The van der Waals surface area contributed by atoms with Crippen molar-refractivity contribution in [1.82, 2.24) is 14.5 Å². The Kier molecular flexibility index (Phi) is 4.89. The van der Waals surface area contributed by atoms with Gasteiger partial charge in [-0.1, -0.05) is 54.6 Å². The van der Waals surface area contributed by atoms with Crippen molar-refractivity contribution < 1.29 is 0 Å². The van der Waals surface area contributed by atoms with Gasteiger partial charge in [0.05, 0.1) is 5.39 Å². The summed E-state index contributed by atoms with van der Waals surface area (Å²) in [5.41, 5.74) is 3.70. The minimum atomic E-state index is -0.296. The predicted molar refractivity (Wildman–Crippen MR) is 123 cm³/mol. The summed E-state index contributed by atoms with van der Waals surface area (Å²) in [5.74, 6) is 0. The lowest BCUT2D eigenvalue weighted by Gasteiger charge is -2.29. The topological polar surface area (TPSA) is 58.1 Å². The maximum atomic E-state index is 13.4. The molecule has 0 aliphatic carbocycles. The van der Waals surface area contributed by atoms with Crippen molar-refractivity contribution in [3.8, 4) is 22.3 Å². The van der Waals surface area contributed by atoms with Crippen molar-refractivity contribution in [2.45, 2.75) is 18.9 Å². The van der Waals surface area contributed by atoms with Crippen LogP contribution in [0.5, 0.6) is 0 Å². The smallest absolute Gasteiger partial charge is 0.306 e. The fourth-order valence-corrected chi connectivity index (χ4v) is 5.25. The quantitative estimate of drug-likeness (QED) is 0.539. The molecule has 0 unspecified atom stereocenters. The second-order valence-electron chi connectivity index (χ2n) is 7.94. The van der Waals surface area contributed by atoms with E-state index in [1.807, 2.05) is 35.7 Å². The zero-order chi connectivity index (χ0) is 20.7. The minimum Gasteiger partial charge on any atom is -0.306 e. The van der Waals surface area contributed by atoms with Gasteiger partial charge in [-0.3, -0.25) is 14.3 Å². The molecule has 1 aliphatic heterocycles. The third kappa shape index (κ3) is 3.32. The molecule has 0 atom stereocenters. The highest BCUT2D eigenvalue weighted by Crippen LogP contribution is 2.32. The Morgan fingerprint density at radius 2 is 1.53 bits per heavy atom. The number of H-pyrrole nitrogens is 1. The second kappa shape index (κ2) is 7.70. The average molecular weight is 418 g/mol. The van der Waals surface area contributed by atoms with Crippen LogP contribution in [0, 0.1) is 0 Å². The standard InChI is InChI=1S/C24H23N3O2S/c1-26-13-11-19(12-14-26)27-23(28)21-20(15-30-22(21)25-24(27)29)18-9-7-17(8-10-18)16-5-3-2-4-6-16/h2-10,15,19H,11-14H2,1H3,(H,25,29). The van der Waals surface area contributed by atoms with Gasteiger partial charge in [-0.05, 0) is 49.7 Å². The molecule has 2 aromatic carbocycles. The van der Waals surface area contributed by atoms with E-state index in [9.17, 15) is 9.59 Å². The van der Waals surface area contributed by atoms with E-state index in [1.54, 1.807) is 0 Å². The van der Waals surface area contributed by atoms with Crippen LogP contribution in [0.25, 0.3) is 32.5 Å². The van der Waals surface area contributed by atoms with Crippen LogP contribution in [-0.4, -0.2) is 34.6 Å². The number of piperidine rings is 1. The Morgan fingerprint density at radius 1 is 0.900 bits per heavy atom. The number of nitrogens with one attached hydrogen (secondary N) is 1. The van der Waals surface area contributed by atoms with Gasteiger partial charge < -0.3 is 4.90 Å². The van der Waals surface area contributed by atoms with Crippen molar-refractivity contribution in [2.75, 3.05) is 20.1 Å². The van der Waals surface area contributed by atoms with Crippen LogP contribution < -0.4 is 11.2 Å². The summed E-state index contributed by atoms with van der Waals surface area (Å²) in [4.78, 5) is 31.9. The zero-order valence-corrected chi connectivity index (χ0v) is 17.6. The van der Waals surface area contributed by atoms with Gasteiger partial charge in [0, 0.05) is 17.0 Å². The molecule has 0 saturated carbocycles. The summed E-state index contributed by atoms with van der Waals surface area (Å²) in [6.45, 7) is 1.79. The number of aromatic nitrogens is 2. The highest BCUT2D eigenvalue weighted by Gasteiger charge is 2.23. The first kappa shape index (κ1) is 19.0. The van der Waals surface area contributed by atoms with Gasteiger partial charge in [-0.15, -0.1) is 11.3 Å². The maximum Gasteiger partial charge on any atom is 0.329 e. The van der Waals surface area contributed by atoms with Crippen LogP contribution in [-0.2, 0) is 0 Å². The highest BCUT2D eigenvalue weighted by molar-refractivity contribution is 7.17. The van der Waals surface area contributed by atoms with Gasteiger partial charge in [0.2, 0.25) is 0 Å². The molecule has 3 heterocycles. The van der Waals surface area contributed by atoms with Crippen LogP contribution in [0.4, 0.5) is 0 Å². The molecule has 6 heteroatoms. The monoisotopic (exact) mass is 417 g/mol. The van der Waals surface area contributed by atoms with E-state index >= 15 is 0 Å². The molecule has 1 N–H and O–H groups in total. The van der Waals surface area contributed by atoms with E-state index in [-0.39, 0.29) is 17.3 Å². The molecule has 0 amide bonds. The van der Waals surface area contributed by atoms with E-state index in [1.165, 1.54) is 15.9 Å². The maximum absolute atomic E-state index is 13.4. The summed E-state index contributed by atoms with van der Waals surface area (Å²) in [6, 6.07) is 18.4. The van der Waals surface area contributed by atoms with E-state index in [0.29, 0.717) is 10.2 Å². The molecule has 1 saturated heterocycles. The molecule has 152 valence electrons. The lowest BCUT2D eigenvalue weighted by atomic mass is 10.0. The third-order valence-corrected chi connectivity index (χ3v) is 6.91. The fraction of sp³-hybridized carbons (Fsp3) is 0.250. The van der Waals surface area contributed by atoms with Gasteiger partial charge in [0.1, 0.15) is 4.83 Å². The second-order valence-corrected chi connectivity index (χ2v) is 8.82. The number of hydrogen-bond donors (Lipinski definition) is 1. The Bertz CT molecular complexity index is 1290. The molecule has 2 aromatic heterocycles. The van der Waals surface area contributed by atoms with E-state index < -0.39 is 0 Å². The first-order chi connectivity index (χ1) is 14.6. The lowest BCUT2D eigenvalue weighted by Crippen LogP contribution is -2.42. The molecule has 0 bridgehead atoms. The molecule has 4 aromatic rings. The zero-order valence-electron chi connectivity index (χ0n) is 16.8. The molecular formula is C24H23N3O2S. The predicted octanol–water partition coefficient (Wildman–Crippen LogP) is 4.35. The first-order valence-corrected chi connectivity index (χ1v) is 11.1. The van der Waals surface area contributed by atoms with Crippen LogP contribution in [0.15, 0.2) is 69.6 Å². The highest BCUT2D eigenvalue weighted by atomic mass is 32.1. The van der Waals surface area contributed by atoms with Crippen molar-refractivity contribution in [1.29, 1.82) is 0 Å². The Morgan fingerprint density at radius 3 is 2.23 bits per heavy atom. The summed E-state index contributed by atoms with van der Waals surface area (Å²) < 4.78 is 1.45. The number of likely N-dealkylation sites (tertiary alicyclic amines) is 1. The number of benzene rings is 2. The van der Waals surface area contributed by atoms with E-state index in [2.05, 4.69) is 41.2 Å². The van der Waals surface area contributed by atoms with Crippen LogP contribution >= 0.6 is 11.3 Å². The molecule has 0 radical (unpaired) electrons. The van der Waals surface area contributed by atoms with Crippen molar-refractivity contribution in [3.05, 3.63) is 80.8 Å². The van der Waals surface area contributed by atoms with Gasteiger partial charge in [-0.25, -0.2) is 4.79 Å². The molecule has 30 heavy (non-hydrogen) atoms. The normalized spacial score (nSPS) is 15.6. The SMILES string of the molecule is CN1CCC(n2c(=O)[nH]c3scc(-c4ccc(-c5ccccc5)cc4)c3c2=O)CC1. The summed E-state index contributed by atoms with van der Waals surface area (Å²) in [7, 11) is 2.07. The largest absolute Gasteiger partial charge is 0.329 e. The Balaban J connectivity index is 1.58. The lowest BCUT2D eigenvalue weighted by molar-refractivity contribution is 0.216.